The van der Waals surface area contributed by atoms with Crippen molar-refractivity contribution in [2.75, 3.05) is 20.3 Å². The molecule has 6 rings (SSSR count). The molecule has 1 atom stereocenters. The third-order valence-corrected chi connectivity index (χ3v) is 7.51. The Morgan fingerprint density at radius 2 is 1.94 bits per heavy atom. The Morgan fingerprint density at radius 3 is 2.67 bits per heavy atom. The van der Waals surface area contributed by atoms with Gasteiger partial charge < -0.3 is 14.2 Å². The highest BCUT2D eigenvalue weighted by molar-refractivity contribution is 6.13. The highest BCUT2D eigenvalue weighted by Crippen LogP contribution is 2.41. The number of aryl methyl sites for hydroxylation is 2. The standard InChI is InChI=1S/C25H28N6O2/c1-14-24(30(4)28-27-14)17-11-21-23(26-12-17)22-19-13-29(3)25(32)18(19)5-6-20(22)31(21)15(2)16-7-9-33-10-8-16/h5-6,11-12,15-16H,7-10,13H2,1-4H3/t15-/m1/s1. The highest BCUT2D eigenvalue weighted by atomic mass is 16.5. The average Bonchev–Trinajstić information content (AvgIpc) is 3.44. The number of rotatable bonds is 3. The number of hydrogen-bond donors (Lipinski definition) is 0. The van der Waals surface area contributed by atoms with Gasteiger partial charge in [-0.15, -0.1) is 5.10 Å². The van der Waals surface area contributed by atoms with Crippen LogP contribution >= 0.6 is 0 Å². The molecule has 3 aromatic heterocycles. The van der Waals surface area contributed by atoms with Gasteiger partial charge in [-0.25, -0.2) is 4.68 Å². The molecule has 0 radical (unpaired) electrons. The number of hydrogen-bond acceptors (Lipinski definition) is 5. The van der Waals surface area contributed by atoms with Crippen LogP contribution in [0.3, 0.4) is 0 Å². The van der Waals surface area contributed by atoms with E-state index in [9.17, 15) is 4.79 Å². The Hall–Kier alpha value is -3.26. The fourth-order valence-corrected chi connectivity index (χ4v) is 5.77. The number of benzene rings is 1. The second-order valence-electron chi connectivity index (χ2n) is 9.45. The van der Waals surface area contributed by atoms with Gasteiger partial charge in [-0.2, -0.15) is 0 Å². The van der Waals surface area contributed by atoms with Gasteiger partial charge in [-0.05, 0) is 56.4 Å². The van der Waals surface area contributed by atoms with Crippen molar-refractivity contribution in [1.82, 2.24) is 29.4 Å². The molecule has 0 aliphatic carbocycles. The van der Waals surface area contributed by atoms with Crippen LogP contribution in [0.5, 0.6) is 0 Å². The zero-order chi connectivity index (χ0) is 22.9. The lowest BCUT2D eigenvalue weighted by atomic mass is 9.92. The van der Waals surface area contributed by atoms with Gasteiger partial charge >= 0.3 is 0 Å². The minimum atomic E-state index is 0.0819. The summed E-state index contributed by atoms with van der Waals surface area (Å²) in [5.74, 6) is 0.609. The molecule has 8 nitrogen and oxygen atoms in total. The molecule has 1 amide bonds. The van der Waals surface area contributed by atoms with Gasteiger partial charge in [-0.3, -0.25) is 9.78 Å². The second-order valence-corrected chi connectivity index (χ2v) is 9.45. The molecule has 4 aromatic rings. The number of carbonyl (C=O) groups excluding carboxylic acids is 1. The van der Waals surface area contributed by atoms with Crippen molar-refractivity contribution in [2.45, 2.75) is 39.3 Å². The molecule has 1 fully saturated rings. The summed E-state index contributed by atoms with van der Waals surface area (Å²) in [6.07, 6.45) is 4.01. The van der Waals surface area contributed by atoms with Crippen molar-refractivity contribution in [2.24, 2.45) is 13.0 Å². The molecule has 5 heterocycles. The van der Waals surface area contributed by atoms with Crippen molar-refractivity contribution < 1.29 is 9.53 Å². The van der Waals surface area contributed by atoms with Crippen molar-refractivity contribution in [3.05, 3.63) is 41.2 Å². The van der Waals surface area contributed by atoms with E-state index in [1.807, 2.05) is 33.3 Å². The van der Waals surface area contributed by atoms with E-state index in [1.165, 1.54) is 0 Å². The van der Waals surface area contributed by atoms with Gasteiger partial charge in [0.05, 0.1) is 27.9 Å². The number of fused-ring (bicyclic) bond motifs is 5. The Morgan fingerprint density at radius 1 is 1.15 bits per heavy atom. The molecule has 0 spiro atoms. The van der Waals surface area contributed by atoms with Crippen LogP contribution in [0.15, 0.2) is 24.4 Å². The zero-order valence-electron chi connectivity index (χ0n) is 19.5. The van der Waals surface area contributed by atoms with E-state index in [-0.39, 0.29) is 11.9 Å². The maximum absolute atomic E-state index is 12.7. The van der Waals surface area contributed by atoms with Crippen molar-refractivity contribution in [3.8, 4) is 11.3 Å². The number of carbonyl (C=O) groups is 1. The van der Waals surface area contributed by atoms with E-state index < -0.39 is 0 Å². The molecular formula is C25H28N6O2. The fraction of sp³-hybridized carbons (Fsp3) is 0.440. The minimum absolute atomic E-state index is 0.0819. The molecule has 1 aromatic carbocycles. The number of amides is 1. The van der Waals surface area contributed by atoms with E-state index in [1.54, 1.807) is 9.58 Å². The maximum atomic E-state index is 12.7. The predicted octanol–water partition coefficient (Wildman–Crippen LogP) is 3.87. The van der Waals surface area contributed by atoms with Gasteiger partial charge in [-0.1, -0.05) is 5.21 Å². The van der Waals surface area contributed by atoms with E-state index in [2.05, 4.69) is 33.9 Å². The normalized spacial score (nSPS) is 17.9. The summed E-state index contributed by atoms with van der Waals surface area (Å²) in [4.78, 5) is 19.5. The molecule has 170 valence electrons. The molecule has 1 saturated heterocycles. The molecule has 0 N–H and O–H groups in total. The van der Waals surface area contributed by atoms with Crippen molar-refractivity contribution in [1.29, 1.82) is 0 Å². The van der Waals surface area contributed by atoms with Crippen LogP contribution < -0.4 is 0 Å². The third kappa shape index (κ3) is 2.93. The van der Waals surface area contributed by atoms with Gasteiger partial charge in [0.15, 0.2) is 0 Å². The molecule has 2 aliphatic rings. The summed E-state index contributed by atoms with van der Waals surface area (Å²) in [5, 5.41) is 9.52. The molecule has 8 heteroatoms. The summed E-state index contributed by atoms with van der Waals surface area (Å²) >= 11 is 0. The summed E-state index contributed by atoms with van der Waals surface area (Å²) in [7, 11) is 3.77. The summed E-state index contributed by atoms with van der Waals surface area (Å²) in [5.41, 5.74) is 7.93. The van der Waals surface area contributed by atoms with E-state index in [0.717, 1.165) is 76.1 Å². The SMILES string of the molecule is Cc1nnn(C)c1-c1cnc2c3c4c(ccc3n([C@H](C)C3CCOCC3)c2c1)C(=O)N(C)C4. The average molecular weight is 445 g/mol. The van der Waals surface area contributed by atoms with Crippen LogP contribution in [-0.2, 0) is 18.3 Å². The predicted molar refractivity (Wildman–Crippen MR) is 126 cm³/mol. The van der Waals surface area contributed by atoms with E-state index in [0.29, 0.717) is 12.5 Å². The van der Waals surface area contributed by atoms with Crippen LogP contribution in [0.25, 0.3) is 33.2 Å². The molecule has 33 heavy (non-hydrogen) atoms. The number of pyridine rings is 1. The third-order valence-electron chi connectivity index (χ3n) is 7.51. The largest absolute Gasteiger partial charge is 0.381 e. The Labute approximate surface area is 192 Å². The monoisotopic (exact) mass is 444 g/mol. The van der Waals surface area contributed by atoms with Crippen LogP contribution in [0.2, 0.25) is 0 Å². The quantitative estimate of drug-likeness (QED) is 0.479. The molecule has 0 saturated carbocycles. The first-order chi connectivity index (χ1) is 16.0. The first-order valence-electron chi connectivity index (χ1n) is 11.6. The minimum Gasteiger partial charge on any atom is -0.381 e. The van der Waals surface area contributed by atoms with Crippen LogP contribution in [0.1, 0.15) is 47.4 Å². The van der Waals surface area contributed by atoms with Crippen molar-refractivity contribution in [3.63, 3.8) is 0 Å². The lowest BCUT2D eigenvalue weighted by molar-refractivity contribution is 0.0525. The lowest BCUT2D eigenvalue weighted by Crippen LogP contribution is -2.24. The Bertz CT molecular complexity index is 1390. The number of aromatic nitrogens is 5. The number of ether oxygens (including phenoxy) is 1. The molecule has 2 aliphatic heterocycles. The Kier molecular flexibility index (Phi) is 4.55. The maximum Gasteiger partial charge on any atom is 0.254 e. The van der Waals surface area contributed by atoms with Gasteiger partial charge in [0, 0.05) is 62.6 Å². The van der Waals surface area contributed by atoms with E-state index in [4.69, 9.17) is 9.72 Å². The smallest absolute Gasteiger partial charge is 0.254 e. The Balaban J connectivity index is 1.65. The molecule has 0 unspecified atom stereocenters. The summed E-state index contributed by atoms with van der Waals surface area (Å²) in [6, 6.07) is 6.60. The summed E-state index contributed by atoms with van der Waals surface area (Å²) in [6.45, 7) is 6.52. The highest BCUT2D eigenvalue weighted by Gasteiger charge is 2.31. The van der Waals surface area contributed by atoms with Gasteiger partial charge in [0.25, 0.3) is 5.91 Å². The van der Waals surface area contributed by atoms with E-state index >= 15 is 0 Å². The first kappa shape index (κ1) is 20.4. The van der Waals surface area contributed by atoms with Crippen molar-refractivity contribution >= 4 is 27.8 Å². The van der Waals surface area contributed by atoms with Crippen LogP contribution in [-0.4, -0.2) is 55.6 Å². The van der Waals surface area contributed by atoms with Gasteiger partial charge in [0.1, 0.15) is 0 Å². The van der Waals surface area contributed by atoms with Crippen LogP contribution in [0, 0.1) is 12.8 Å². The van der Waals surface area contributed by atoms with Gasteiger partial charge in [0.2, 0.25) is 0 Å². The number of nitrogens with zero attached hydrogens (tertiary/aromatic N) is 6. The lowest BCUT2D eigenvalue weighted by Gasteiger charge is -2.30. The first-order valence-corrected chi connectivity index (χ1v) is 11.6. The fourth-order valence-electron chi connectivity index (χ4n) is 5.77. The molecule has 0 bridgehead atoms. The summed E-state index contributed by atoms with van der Waals surface area (Å²) < 4.78 is 9.89. The topological polar surface area (TPSA) is 78.1 Å². The molecular weight excluding hydrogens is 416 g/mol. The van der Waals surface area contributed by atoms with Crippen LogP contribution in [0.4, 0.5) is 0 Å². The zero-order valence-corrected chi connectivity index (χ0v) is 19.5. The second kappa shape index (κ2) is 7.38.